The number of aromatic nitrogens is 2. The number of sulfone groups is 1. The Kier molecular flexibility index (Phi) is 7.98. The summed E-state index contributed by atoms with van der Waals surface area (Å²) < 4.78 is 39.2. The molecule has 0 unspecified atom stereocenters. The molecule has 0 bridgehead atoms. The van der Waals surface area contributed by atoms with Crippen molar-refractivity contribution in [3.8, 4) is 6.01 Å². The molecule has 178 valence electrons. The molecule has 0 spiro atoms. The second kappa shape index (κ2) is 10.3. The second-order valence-electron chi connectivity index (χ2n) is 9.64. The molecule has 7 nitrogen and oxygen atoms in total. The molecule has 0 saturated heterocycles. The predicted octanol–water partition coefficient (Wildman–Crippen LogP) is 4.32. The van der Waals surface area contributed by atoms with Crippen molar-refractivity contribution < 1.29 is 22.7 Å². The summed E-state index contributed by atoms with van der Waals surface area (Å²) in [5.74, 6) is 0.636. The number of Topliss-reactive ketones (excluding diaryl/α,β-unsaturated/α-hetero) is 1. The van der Waals surface area contributed by atoms with Gasteiger partial charge in [-0.2, -0.15) is 4.98 Å². The van der Waals surface area contributed by atoms with E-state index in [1.807, 2.05) is 32.4 Å². The SMILES string of the molecule is CC(=O)C[C@@H](C)COC1CCC(Oc2nc3ccc(S(=O)(=O)CC(C)C)cc3n2C)CC1. The number of fused-ring (bicyclic) bond motifs is 1. The third-order valence-electron chi connectivity index (χ3n) is 5.87. The predicted molar refractivity (Wildman–Crippen MR) is 125 cm³/mol. The maximum atomic E-state index is 12.6. The van der Waals surface area contributed by atoms with Crippen LogP contribution in [0.25, 0.3) is 11.0 Å². The van der Waals surface area contributed by atoms with Crippen molar-refractivity contribution in [2.24, 2.45) is 18.9 Å². The van der Waals surface area contributed by atoms with Crippen LogP contribution in [0.4, 0.5) is 0 Å². The minimum Gasteiger partial charge on any atom is -0.461 e. The highest BCUT2D eigenvalue weighted by Crippen LogP contribution is 2.29. The monoisotopic (exact) mass is 464 g/mol. The molecule has 2 aromatic rings. The number of ether oxygens (including phenoxy) is 2. The Bertz CT molecular complexity index is 1040. The van der Waals surface area contributed by atoms with Gasteiger partial charge < -0.3 is 14.3 Å². The summed E-state index contributed by atoms with van der Waals surface area (Å²) in [6, 6.07) is 5.59. The summed E-state index contributed by atoms with van der Waals surface area (Å²) in [5.41, 5.74) is 1.48. The second-order valence-corrected chi connectivity index (χ2v) is 11.7. The quantitative estimate of drug-likeness (QED) is 0.520. The highest BCUT2D eigenvalue weighted by atomic mass is 32.2. The molecular weight excluding hydrogens is 428 g/mol. The van der Waals surface area contributed by atoms with Crippen LogP contribution in [-0.4, -0.2) is 48.3 Å². The lowest BCUT2D eigenvalue weighted by atomic mass is 9.95. The highest BCUT2D eigenvalue weighted by molar-refractivity contribution is 7.91. The lowest BCUT2D eigenvalue weighted by Crippen LogP contribution is -2.30. The fourth-order valence-corrected chi connectivity index (χ4v) is 5.93. The number of rotatable bonds is 10. The number of ketones is 1. The Morgan fingerprint density at radius 3 is 2.44 bits per heavy atom. The largest absolute Gasteiger partial charge is 0.461 e. The summed E-state index contributed by atoms with van der Waals surface area (Å²) in [5, 5.41) is 0. The minimum absolute atomic E-state index is 0.0594. The molecule has 1 heterocycles. The van der Waals surface area contributed by atoms with Crippen molar-refractivity contribution in [1.29, 1.82) is 0 Å². The topological polar surface area (TPSA) is 87.5 Å². The van der Waals surface area contributed by atoms with Gasteiger partial charge in [-0.3, -0.25) is 4.57 Å². The standard InChI is InChI=1S/C24H36N2O5S/c1-16(2)15-32(28,29)21-10-11-22-23(13-21)26(5)24(25-22)31-20-8-6-19(7-9-20)30-14-17(3)12-18(4)27/h10-11,13,16-17,19-20H,6-9,12,14-15H2,1-5H3/t17-,19?,20?/m1/s1. The molecule has 1 aromatic heterocycles. The molecule has 0 radical (unpaired) electrons. The molecule has 0 amide bonds. The zero-order valence-electron chi connectivity index (χ0n) is 19.8. The van der Waals surface area contributed by atoms with E-state index in [9.17, 15) is 13.2 Å². The number of nitrogens with zero attached hydrogens (tertiary/aromatic N) is 2. The number of carbonyl (C=O) groups is 1. The van der Waals surface area contributed by atoms with Crippen LogP contribution < -0.4 is 4.74 Å². The molecular formula is C24H36N2O5S. The first-order valence-corrected chi connectivity index (χ1v) is 13.2. The third kappa shape index (κ3) is 6.32. The Labute approximate surface area is 191 Å². The van der Waals surface area contributed by atoms with Crippen LogP contribution >= 0.6 is 0 Å². The van der Waals surface area contributed by atoms with Crippen LogP contribution in [0.3, 0.4) is 0 Å². The first kappa shape index (κ1) is 24.7. The average Bonchev–Trinajstić information content (AvgIpc) is 3.01. The maximum absolute atomic E-state index is 12.6. The molecule has 1 fully saturated rings. The van der Waals surface area contributed by atoms with Crippen LogP contribution in [0.1, 0.15) is 59.8 Å². The molecule has 1 aliphatic carbocycles. The lowest BCUT2D eigenvalue weighted by molar-refractivity contribution is -0.118. The number of carbonyl (C=O) groups excluding carboxylic acids is 1. The highest BCUT2D eigenvalue weighted by Gasteiger charge is 2.25. The van der Waals surface area contributed by atoms with Crippen molar-refractivity contribution in [2.45, 2.75) is 76.9 Å². The van der Waals surface area contributed by atoms with Crippen molar-refractivity contribution in [2.75, 3.05) is 12.4 Å². The Morgan fingerprint density at radius 1 is 1.16 bits per heavy atom. The van der Waals surface area contributed by atoms with E-state index in [2.05, 4.69) is 4.98 Å². The average molecular weight is 465 g/mol. The molecule has 0 N–H and O–H groups in total. The minimum atomic E-state index is -3.32. The van der Waals surface area contributed by atoms with Crippen LogP contribution in [-0.2, 0) is 26.4 Å². The van der Waals surface area contributed by atoms with E-state index in [4.69, 9.17) is 9.47 Å². The Balaban J connectivity index is 1.60. The molecule has 32 heavy (non-hydrogen) atoms. The maximum Gasteiger partial charge on any atom is 0.297 e. The fourth-order valence-electron chi connectivity index (χ4n) is 4.30. The zero-order chi connectivity index (χ0) is 23.5. The first-order chi connectivity index (χ1) is 15.0. The third-order valence-corrected chi connectivity index (χ3v) is 7.95. The number of benzene rings is 1. The summed E-state index contributed by atoms with van der Waals surface area (Å²) in [7, 11) is -1.47. The van der Waals surface area contributed by atoms with Gasteiger partial charge in [-0.05, 0) is 62.6 Å². The normalized spacial score (nSPS) is 20.6. The number of imidazole rings is 1. The summed E-state index contributed by atoms with van der Waals surface area (Å²) in [4.78, 5) is 16.1. The van der Waals surface area contributed by atoms with Crippen LogP contribution in [0, 0.1) is 11.8 Å². The van der Waals surface area contributed by atoms with Crippen molar-refractivity contribution >= 4 is 26.7 Å². The van der Waals surface area contributed by atoms with Crippen molar-refractivity contribution in [3.05, 3.63) is 18.2 Å². The molecule has 0 aliphatic heterocycles. The van der Waals surface area contributed by atoms with Gasteiger partial charge in [0.15, 0.2) is 9.84 Å². The van der Waals surface area contributed by atoms with Gasteiger partial charge in [0.25, 0.3) is 6.01 Å². The molecule has 1 saturated carbocycles. The van der Waals surface area contributed by atoms with Gasteiger partial charge in [-0.15, -0.1) is 0 Å². The van der Waals surface area contributed by atoms with E-state index in [0.717, 1.165) is 36.7 Å². The van der Waals surface area contributed by atoms with Crippen LogP contribution in [0.15, 0.2) is 23.1 Å². The summed E-state index contributed by atoms with van der Waals surface area (Å²) in [6.45, 7) is 8.08. The van der Waals surface area contributed by atoms with Gasteiger partial charge in [-0.25, -0.2) is 8.42 Å². The Hall–Kier alpha value is -1.93. The molecule has 1 aromatic carbocycles. The zero-order valence-corrected chi connectivity index (χ0v) is 20.7. The van der Waals surface area contributed by atoms with E-state index in [-0.39, 0.29) is 35.6 Å². The fraction of sp³-hybridized carbons (Fsp3) is 0.667. The van der Waals surface area contributed by atoms with Gasteiger partial charge in [-0.1, -0.05) is 20.8 Å². The van der Waals surface area contributed by atoms with Crippen molar-refractivity contribution in [3.63, 3.8) is 0 Å². The van der Waals surface area contributed by atoms with Gasteiger partial charge in [0, 0.05) is 20.1 Å². The Morgan fingerprint density at radius 2 is 1.81 bits per heavy atom. The first-order valence-electron chi connectivity index (χ1n) is 11.5. The van der Waals surface area contributed by atoms with Gasteiger partial charge in [0.2, 0.25) is 0 Å². The van der Waals surface area contributed by atoms with E-state index in [1.54, 1.807) is 25.1 Å². The summed E-state index contributed by atoms with van der Waals surface area (Å²) >= 11 is 0. The van der Waals surface area contributed by atoms with E-state index in [1.165, 1.54) is 0 Å². The van der Waals surface area contributed by atoms with Crippen molar-refractivity contribution in [1.82, 2.24) is 9.55 Å². The molecule has 1 atom stereocenters. The van der Waals surface area contributed by atoms with E-state index >= 15 is 0 Å². The van der Waals surface area contributed by atoms with Crippen LogP contribution in [0.2, 0.25) is 0 Å². The van der Waals surface area contributed by atoms with Gasteiger partial charge in [0.05, 0.1) is 27.8 Å². The number of aryl methyl sites for hydroxylation is 1. The molecule has 8 heteroatoms. The van der Waals surface area contributed by atoms with E-state index < -0.39 is 9.84 Å². The number of hydrogen-bond donors (Lipinski definition) is 0. The smallest absolute Gasteiger partial charge is 0.297 e. The number of hydrogen-bond acceptors (Lipinski definition) is 6. The molecule has 1 aliphatic rings. The lowest BCUT2D eigenvalue weighted by Gasteiger charge is -2.29. The van der Waals surface area contributed by atoms with Crippen LogP contribution in [0.5, 0.6) is 6.01 Å². The van der Waals surface area contributed by atoms with Gasteiger partial charge >= 0.3 is 0 Å². The molecule has 3 rings (SSSR count). The van der Waals surface area contributed by atoms with E-state index in [0.29, 0.717) is 23.9 Å². The van der Waals surface area contributed by atoms with Gasteiger partial charge in [0.1, 0.15) is 11.9 Å². The summed E-state index contributed by atoms with van der Waals surface area (Å²) in [6.07, 6.45) is 4.41.